The third kappa shape index (κ3) is 4.76. The van der Waals surface area contributed by atoms with Crippen molar-refractivity contribution in [1.29, 1.82) is 0 Å². The van der Waals surface area contributed by atoms with Gasteiger partial charge >= 0.3 is 0 Å². The summed E-state index contributed by atoms with van der Waals surface area (Å²) in [5.41, 5.74) is 3.96. The molecule has 9 heteroatoms. The van der Waals surface area contributed by atoms with Gasteiger partial charge in [-0.2, -0.15) is 5.48 Å². The first kappa shape index (κ1) is 18.7. The summed E-state index contributed by atoms with van der Waals surface area (Å²) >= 11 is 0. The molecule has 0 amide bonds. The molecule has 1 aromatic rings. The van der Waals surface area contributed by atoms with Gasteiger partial charge in [0.15, 0.2) is 9.84 Å². The summed E-state index contributed by atoms with van der Waals surface area (Å²) in [6, 6.07) is 7.16. The second-order valence-corrected chi connectivity index (χ2v) is 8.48. The van der Waals surface area contributed by atoms with E-state index >= 15 is 0 Å². The fourth-order valence-electron chi connectivity index (χ4n) is 3.12. The molecule has 140 valence electrons. The number of nitrogens with one attached hydrogen (secondary N) is 4. The highest BCUT2D eigenvalue weighted by atomic mass is 32.2. The van der Waals surface area contributed by atoms with Crippen LogP contribution in [0.25, 0.3) is 0 Å². The maximum Gasteiger partial charge on any atom is 0.175 e. The second kappa shape index (κ2) is 8.09. The Hall–Kier alpha value is -1.07. The monoisotopic (exact) mass is 370 g/mol. The molecule has 2 heterocycles. The molecular formula is C16H26N4O4S. The Morgan fingerprint density at radius 3 is 2.68 bits per heavy atom. The Balaban J connectivity index is 1.66. The molecule has 8 nitrogen and oxygen atoms in total. The van der Waals surface area contributed by atoms with Gasteiger partial charge in [0.05, 0.1) is 23.7 Å². The minimum Gasteiger partial charge on any atom is -0.365 e. The lowest BCUT2D eigenvalue weighted by Gasteiger charge is -2.38. The van der Waals surface area contributed by atoms with E-state index in [-0.39, 0.29) is 18.4 Å². The molecule has 2 saturated heterocycles. The Morgan fingerprint density at radius 1 is 1.32 bits per heavy atom. The zero-order chi connectivity index (χ0) is 17.9. The van der Waals surface area contributed by atoms with Crippen molar-refractivity contribution in [2.45, 2.75) is 35.8 Å². The van der Waals surface area contributed by atoms with Crippen molar-refractivity contribution < 1.29 is 18.0 Å². The highest BCUT2D eigenvalue weighted by Gasteiger charge is 2.31. The molecule has 0 aromatic heterocycles. The van der Waals surface area contributed by atoms with Crippen molar-refractivity contribution in [3.63, 3.8) is 0 Å². The standard InChI is InChI=1S/C16H26N4O4S/c1-23-16-15(11-3-5-13(6-4-11)25(2,21)22)19-14(10-18-16)17-9-12-7-8-24-20-12/h3-6,12,14-20H,7-10H2,1-2H3. The number of ether oxygens (including phenoxy) is 1. The van der Waals surface area contributed by atoms with Gasteiger partial charge < -0.3 is 9.57 Å². The van der Waals surface area contributed by atoms with E-state index in [4.69, 9.17) is 9.57 Å². The number of sulfone groups is 1. The van der Waals surface area contributed by atoms with Crippen LogP contribution in [0, 0.1) is 0 Å². The summed E-state index contributed by atoms with van der Waals surface area (Å²) in [6.45, 7) is 2.27. The highest BCUT2D eigenvalue weighted by molar-refractivity contribution is 7.90. The molecule has 2 aliphatic rings. The van der Waals surface area contributed by atoms with Crippen LogP contribution < -0.4 is 21.4 Å². The predicted octanol–water partition coefficient (Wildman–Crippen LogP) is -0.494. The van der Waals surface area contributed by atoms with Crippen LogP contribution in [-0.4, -0.2) is 59.9 Å². The van der Waals surface area contributed by atoms with Crippen molar-refractivity contribution in [2.75, 3.05) is 33.1 Å². The number of methoxy groups -OCH3 is 1. The third-order valence-corrected chi connectivity index (χ3v) is 5.69. The van der Waals surface area contributed by atoms with E-state index in [1.165, 1.54) is 6.26 Å². The molecule has 4 atom stereocenters. The molecule has 25 heavy (non-hydrogen) atoms. The lowest BCUT2D eigenvalue weighted by atomic mass is 10.0. The van der Waals surface area contributed by atoms with Gasteiger partial charge in [0, 0.05) is 32.5 Å². The van der Waals surface area contributed by atoms with Crippen LogP contribution in [-0.2, 0) is 19.4 Å². The van der Waals surface area contributed by atoms with Gasteiger partial charge in [0.1, 0.15) is 6.23 Å². The molecule has 4 unspecified atom stereocenters. The first-order valence-electron chi connectivity index (χ1n) is 8.40. The summed E-state index contributed by atoms with van der Waals surface area (Å²) in [5.74, 6) is 0. The number of hydrogen-bond donors (Lipinski definition) is 4. The number of rotatable bonds is 6. The van der Waals surface area contributed by atoms with Crippen molar-refractivity contribution in [3.05, 3.63) is 29.8 Å². The smallest absolute Gasteiger partial charge is 0.175 e. The summed E-state index contributed by atoms with van der Waals surface area (Å²) in [4.78, 5) is 5.48. The number of hydrogen-bond acceptors (Lipinski definition) is 8. The predicted molar refractivity (Wildman–Crippen MR) is 93.5 cm³/mol. The molecule has 3 rings (SSSR count). The molecule has 0 aliphatic carbocycles. The van der Waals surface area contributed by atoms with Crippen molar-refractivity contribution in [1.82, 2.24) is 21.4 Å². The van der Waals surface area contributed by atoms with E-state index in [1.807, 2.05) is 12.1 Å². The van der Waals surface area contributed by atoms with Crippen LogP contribution in [0.3, 0.4) is 0 Å². The van der Waals surface area contributed by atoms with Crippen LogP contribution in [0.5, 0.6) is 0 Å². The van der Waals surface area contributed by atoms with Crippen LogP contribution in [0.15, 0.2) is 29.2 Å². The molecular weight excluding hydrogens is 344 g/mol. The molecule has 1 aromatic carbocycles. The average Bonchev–Trinajstić information content (AvgIpc) is 3.12. The van der Waals surface area contributed by atoms with Crippen molar-refractivity contribution >= 4 is 9.84 Å². The Kier molecular flexibility index (Phi) is 6.05. The second-order valence-electron chi connectivity index (χ2n) is 6.46. The minimum atomic E-state index is -3.20. The van der Waals surface area contributed by atoms with E-state index in [9.17, 15) is 8.42 Å². The molecule has 0 radical (unpaired) electrons. The van der Waals surface area contributed by atoms with Gasteiger partial charge in [-0.05, 0) is 24.1 Å². The minimum absolute atomic E-state index is 0.0772. The lowest BCUT2D eigenvalue weighted by molar-refractivity contribution is 0.0115. The van der Waals surface area contributed by atoms with E-state index in [1.54, 1.807) is 19.2 Å². The summed E-state index contributed by atoms with van der Waals surface area (Å²) < 4.78 is 28.8. The summed E-state index contributed by atoms with van der Waals surface area (Å²) in [6.07, 6.45) is 2.09. The topological polar surface area (TPSA) is 101 Å². The molecule has 2 fully saturated rings. The Bertz CT molecular complexity index is 661. The van der Waals surface area contributed by atoms with E-state index < -0.39 is 9.84 Å². The van der Waals surface area contributed by atoms with Gasteiger partial charge in [-0.25, -0.2) is 8.42 Å². The lowest BCUT2D eigenvalue weighted by Crippen LogP contribution is -2.62. The average molecular weight is 370 g/mol. The third-order valence-electron chi connectivity index (χ3n) is 4.56. The number of benzene rings is 1. The van der Waals surface area contributed by atoms with Crippen LogP contribution in [0.1, 0.15) is 18.0 Å². The Morgan fingerprint density at radius 2 is 2.08 bits per heavy atom. The van der Waals surface area contributed by atoms with Gasteiger partial charge in [-0.15, -0.1) is 0 Å². The summed E-state index contributed by atoms with van der Waals surface area (Å²) in [5, 5.41) is 10.4. The normalized spacial score (nSPS) is 30.5. The zero-order valence-corrected chi connectivity index (χ0v) is 15.3. The van der Waals surface area contributed by atoms with Crippen LogP contribution in [0.2, 0.25) is 0 Å². The van der Waals surface area contributed by atoms with Gasteiger partial charge in [-0.1, -0.05) is 12.1 Å². The molecule has 0 spiro atoms. The fraction of sp³-hybridized carbons (Fsp3) is 0.625. The number of hydroxylamine groups is 1. The SMILES string of the molecule is COC1NCC(NCC2CCON2)NC1c1ccc(S(C)(=O)=O)cc1. The first-order valence-corrected chi connectivity index (χ1v) is 10.3. The highest BCUT2D eigenvalue weighted by Crippen LogP contribution is 2.22. The zero-order valence-electron chi connectivity index (χ0n) is 14.5. The molecule has 2 aliphatic heterocycles. The summed E-state index contributed by atoms with van der Waals surface area (Å²) in [7, 11) is -1.54. The van der Waals surface area contributed by atoms with Gasteiger partial charge in [-0.3, -0.25) is 16.0 Å². The first-order chi connectivity index (χ1) is 12.0. The van der Waals surface area contributed by atoms with E-state index in [0.29, 0.717) is 10.9 Å². The maximum atomic E-state index is 11.6. The molecule has 0 saturated carbocycles. The van der Waals surface area contributed by atoms with Crippen LogP contribution in [0.4, 0.5) is 0 Å². The van der Waals surface area contributed by atoms with Crippen LogP contribution >= 0.6 is 0 Å². The quantitative estimate of drug-likeness (QED) is 0.532. The fourth-order valence-corrected chi connectivity index (χ4v) is 3.75. The van der Waals surface area contributed by atoms with Crippen molar-refractivity contribution in [3.8, 4) is 0 Å². The maximum absolute atomic E-state index is 11.6. The Labute approximate surface area is 148 Å². The van der Waals surface area contributed by atoms with Gasteiger partial charge in [0.25, 0.3) is 0 Å². The van der Waals surface area contributed by atoms with E-state index in [0.717, 1.165) is 31.7 Å². The van der Waals surface area contributed by atoms with Crippen molar-refractivity contribution in [2.24, 2.45) is 0 Å². The molecule has 0 bridgehead atoms. The number of piperazine rings is 1. The van der Waals surface area contributed by atoms with E-state index in [2.05, 4.69) is 21.4 Å². The molecule has 4 N–H and O–H groups in total. The van der Waals surface area contributed by atoms with Gasteiger partial charge in [0.2, 0.25) is 0 Å². The largest absolute Gasteiger partial charge is 0.365 e.